The van der Waals surface area contributed by atoms with E-state index in [0.717, 1.165) is 71.5 Å². The third kappa shape index (κ3) is 2.38. The van der Waals surface area contributed by atoms with Crippen LogP contribution in [-0.4, -0.2) is 23.8 Å². The SMILES string of the molecule is CCC1OC(CC)C2C3CC(C12)C1C2CC(C4C5CC(CC5C(=O)OC(C)(C)C)C24)C31. The zero-order chi connectivity index (χ0) is 21.4. The number of fused-ring (bicyclic) bond motifs is 19. The van der Waals surface area contributed by atoms with Crippen LogP contribution in [0.3, 0.4) is 0 Å². The molecular formula is C28H42O3. The first-order valence-corrected chi connectivity index (χ1v) is 13.7. The maximum Gasteiger partial charge on any atom is 0.309 e. The fourth-order valence-electron chi connectivity index (χ4n) is 11.8. The van der Waals surface area contributed by atoms with Crippen LogP contribution in [0.2, 0.25) is 0 Å². The van der Waals surface area contributed by atoms with Gasteiger partial charge in [-0.25, -0.2) is 0 Å². The van der Waals surface area contributed by atoms with E-state index in [1.807, 2.05) is 20.8 Å². The number of rotatable bonds is 3. The quantitative estimate of drug-likeness (QED) is 0.437. The van der Waals surface area contributed by atoms with Crippen LogP contribution in [0.4, 0.5) is 0 Å². The molecule has 0 radical (unpaired) electrons. The first kappa shape index (κ1) is 19.9. The molecule has 7 rings (SSSR count). The van der Waals surface area contributed by atoms with Crippen molar-refractivity contribution in [2.45, 2.75) is 91.0 Å². The molecule has 6 aliphatic carbocycles. The Morgan fingerprint density at radius 2 is 1.26 bits per heavy atom. The maximum atomic E-state index is 13.1. The van der Waals surface area contributed by atoms with Gasteiger partial charge in [-0.05, 0) is 130 Å². The van der Waals surface area contributed by atoms with E-state index in [4.69, 9.17) is 9.47 Å². The Labute approximate surface area is 188 Å². The van der Waals surface area contributed by atoms with Gasteiger partial charge in [-0.15, -0.1) is 0 Å². The topological polar surface area (TPSA) is 35.5 Å². The molecule has 0 N–H and O–H groups in total. The van der Waals surface area contributed by atoms with Crippen molar-refractivity contribution >= 4 is 5.97 Å². The molecule has 3 nitrogen and oxygen atoms in total. The van der Waals surface area contributed by atoms with Gasteiger partial charge in [-0.3, -0.25) is 4.79 Å². The van der Waals surface area contributed by atoms with Crippen molar-refractivity contribution in [3.05, 3.63) is 0 Å². The summed E-state index contributed by atoms with van der Waals surface area (Å²) in [6, 6.07) is 0. The van der Waals surface area contributed by atoms with E-state index in [1.54, 1.807) is 0 Å². The van der Waals surface area contributed by atoms with E-state index in [9.17, 15) is 4.79 Å². The summed E-state index contributed by atoms with van der Waals surface area (Å²) in [6.45, 7) is 10.8. The lowest BCUT2D eigenvalue weighted by atomic mass is 9.55. The first-order chi connectivity index (χ1) is 14.8. The standard InChI is InChI=1S/C28H42O3/c1-6-19-25-17-11-18(26(25)20(7-2)30-19)24-16-10-15(23(17)24)21-12-8-13(22(16)21)14(9-12)27(29)31-28(3,4)5/h12-26H,6-11H2,1-5H3. The van der Waals surface area contributed by atoms with E-state index >= 15 is 0 Å². The monoisotopic (exact) mass is 426 g/mol. The lowest BCUT2D eigenvalue weighted by Gasteiger charge is -2.49. The minimum atomic E-state index is -0.356. The van der Waals surface area contributed by atoms with Gasteiger partial charge in [-0.1, -0.05) is 13.8 Å². The number of hydrogen-bond donors (Lipinski definition) is 0. The Morgan fingerprint density at radius 1 is 0.742 bits per heavy atom. The summed E-state index contributed by atoms with van der Waals surface area (Å²) in [4.78, 5) is 13.1. The molecule has 1 saturated heterocycles. The average molecular weight is 427 g/mol. The molecule has 6 bridgehead atoms. The molecule has 7 aliphatic rings. The number of ether oxygens (including phenoxy) is 2. The van der Waals surface area contributed by atoms with Crippen molar-refractivity contribution < 1.29 is 14.3 Å². The van der Waals surface area contributed by atoms with Crippen LogP contribution in [-0.2, 0) is 14.3 Å². The summed E-state index contributed by atoms with van der Waals surface area (Å²) in [5.74, 6) is 11.0. The average Bonchev–Trinajstić information content (AvgIpc) is 3.53. The van der Waals surface area contributed by atoms with Crippen molar-refractivity contribution in [3.8, 4) is 0 Å². The second kappa shape index (κ2) is 6.30. The molecule has 15 unspecified atom stereocenters. The minimum Gasteiger partial charge on any atom is -0.460 e. The van der Waals surface area contributed by atoms with Crippen LogP contribution in [0.5, 0.6) is 0 Å². The normalized spacial score (nSPS) is 59.8. The molecule has 0 aromatic rings. The van der Waals surface area contributed by atoms with Gasteiger partial charge in [0.1, 0.15) is 5.60 Å². The molecule has 172 valence electrons. The molecule has 1 heterocycles. The Balaban J connectivity index is 1.17. The summed E-state index contributed by atoms with van der Waals surface area (Å²) in [7, 11) is 0. The smallest absolute Gasteiger partial charge is 0.309 e. The maximum absolute atomic E-state index is 13.1. The highest BCUT2D eigenvalue weighted by Crippen LogP contribution is 2.79. The van der Waals surface area contributed by atoms with Crippen LogP contribution >= 0.6 is 0 Å². The Bertz CT molecular complexity index is 784. The molecular weight excluding hydrogens is 384 g/mol. The zero-order valence-corrected chi connectivity index (χ0v) is 20.1. The molecule has 0 spiro atoms. The number of esters is 1. The summed E-state index contributed by atoms with van der Waals surface area (Å²) >= 11 is 0. The molecule has 6 saturated carbocycles. The predicted octanol–water partition coefficient (Wildman–Crippen LogP) is 5.57. The van der Waals surface area contributed by atoms with Gasteiger partial charge >= 0.3 is 5.97 Å². The van der Waals surface area contributed by atoms with Crippen LogP contribution in [0, 0.1) is 76.9 Å². The first-order valence-electron chi connectivity index (χ1n) is 13.7. The van der Waals surface area contributed by atoms with Crippen LogP contribution < -0.4 is 0 Å². The number of carbonyl (C=O) groups is 1. The van der Waals surface area contributed by atoms with Gasteiger partial charge in [0.2, 0.25) is 0 Å². The van der Waals surface area contributed by atoms with Crippen LogP contribution in [0.15, 0.2) is 0 Å². The molecule has 0 amide bonds. The summed E-state index contributed by atoms with van der Waals surface area (Å²) in [5.41, 5.74) is -0.356. The molecule has 15 atom stereocenters. The van der Waals surface area contributed by atoms with Gasteiger partial charge < -0.3 is 9.47 Å². The molecule has 31 heavy (non-hydrogen) atoms. The van der Waals surface area contributed by atoms with E-state index < -0.39 is 0 Å². The van der Waals surface area contributed by atoms with Crippen LogP contribution in [0.1, 0.15) is 73.1 Å². The lowest BCUT2D eigenvalue weighted by Crippen LogP contribution is -2.48. The zero-order valence-electron chi connectivity index (χ0n) is 20.1. The second-order valence-electron chi connectivity index (χ2n) is 13.7. The fraction of sp³-hybridized carbons (Fsp3) is 0.964. The third-order valence-corrected chi connectivity index (χ3v) is 11.8. The van der Waals surface area contributed by atoms with E-state index in [-0.39, 0.29) is 17.5 Å². The second-order valence-corrected chi connectivity index (χ2v) is 13.7. The molecule has 0 aromatic carbocycles. The largest absolute Gasteiger partial charge is 0.460 e. The van der Waals surface area contributed by atoms with Gasteiger partial charge in [-0.2, -0.15) is 0 Å². The highest BCUT2D eigenvalue weighted by molar-refractivity contribution is 5.74. The number of carbonyl (C=O) groups excluding carboxylic acids is 1. The van der Waals surface area contributed by atoms with E-state index in [2.05, 4.69) is 13.8 Å². The highest BCUT2D eigenvalue weighted by Gasteiger charge is 2.76. The minimum absolute atomic E-state index is 0.117. The van der Waals surface area contributed by atoms with Crippen molar-refractivity contribution in [2.75, 3.05) is 0 Å². The van der Waals surface area contributed by atoms with Crippen molar-refractivity contribution in [1.29, 1.82) is 0 Å². The predicted molar refractivity (Wildman–Crippen MR) is 119 cm³/mol. The van der Waals surface area contributed by atoms with Gasteiger partial charge in [0, 0.05) is 0 Å². The molecule has 7 fully saturated rings. The fourth-order valence-corrected chi connectivity index (χ4v) is 11.8. The summed E-state index contributed by atoms with van der Waals surface area (Å²) in [5, 5.41) is 0. The van der Waals surface area contributed by atoms with Crippen LogP contribution in [0.25, 0.3) is 0 Å². The summed E-state index contributed by atoms with van der Waals surface area (Å²) in [6.07, 6.45) is 8.93. The van der Waals surface area contributed by atoms with Crippen molar-refractivity contribution in [1.82, 2.24) is 0 Å². The Hall–Kier alpha value is -0.570. The van der Waals surface area contributed by atoms with Crippen molar-refractivity contribution in [2.24, 2.45) is 76.9 Å². The molecule has 0 aromatic heterocycles. The number of hydrogen-bond acceptors (Lipinski definition) is 3. The van der Waals surface area contributed by atoms with Crippen molar-refractivity contribution in [3.63, 3.8) is 0 Å². The highest BCUT2D eigenvalue weighted by atomic mass is 16.6. The van der Waals surface area contributed by atoms with Gasteiger partial charge in [0.05, 0.1) is 18.1 Å². The lowest BCUT2D eigenvalue weighted by molar-refractivity contribution is -0.164. The van der Waals surface area contributed by atoms with Gasteiger partial charge in [0.15, 0.2) is 0 Å². The van der Waals surface area contributed by atoms with E-state index in [1.165, 1.54) is 32.1 Å². The molecule has 1 aliphatic heterocycles. The van der Waals surface area contributed by atoms with E-state index in [0.29, 0.717) is 18.1 Å². The Kier molecular flexibility index (Phi) is 4.04. The van der Waals surface area contributed by atoms with Gasteiger partial charge in [0.25, 0.3) is 0 Å². The Morgan fingerprint density at radius 3 is 1.81 bits per heavy atom. The third-order valence-electron chi connectivity index (χ3n) is 11.8. The summed E-state index contributed by atoms with van der Waals surface area (Å²) < 4.78 is 12.5. The molecule has 3 heteroatoms.